The Morgan fingerprint density at radius 3 is 2.24 bits per heavy atom. The topological polar surface area (TPSA) is 55.4 Å². The van der Waals surface area contributed by atoms with Crippen LogP contribution in [0.1, 0.15) is 31.8 Å². The molecule has 0 unspecified atom stereocenters. The molecule has 0 aromatic heterocycles. The molecule has 0 bridgehead atoms. The minimum absolute atomic E-state index is 0.205. The van der Waals surface area contributed by atoms with Crippen molar-refractivity contribution >= 4 is 17.6 Å². The maximum absolute atomic E-state index is 12.2. The van der Waals surface area contributed by atoms with Gasteiger partial charge in [-0.05, 0) is 44.2 Å². The molecule has 21 heavy (non-hydrogen) atoms. The molecule has 4 nitrogen and oxygen atoms in total. The Hall–Kier alpha value is -2.62. The fraction of sp³-hybridized carbons (Fsp3) is 0.176. The van der Waals surface area contributed by atoms with Crippen LogP contribution >= 0.6 is 0 Å². The molecule has 1 N–H and O–H groups in total. The van der Waals surface area contributed by atoms with Crippen molar-refractivity contribution < 1.29 is 14.3 Å². The molecule has 2 aromatic carbocycles. The second-order valence-corrected chi connectivity index (χ2v) is 4.90. The number of amides is 1. The molecule has 0 radical (unpaired) electrons. The van der Waals surface area contributed by atoms with Crippen LogP contribution in [0.4, 0.5) is 5.69 Å². The van der Waals surface area contributed by atoms with E-state index in [4.69, 9.17) is 0 Å². The molecule has 0 spiro atoms. The van der Waals surface area contributed by atoms with Crippen molar-refractivity contribution in [2.75, 3.05) is 12.4 Å². The van der Waals surface area contributed by atoms with Crippen LogP contribution in [0.5, 0.6) is 0 Å². The molecule has 0 fully saturated rings. The first-order valence-electron chi connectivity index (χ1n) is 6.57. The van der Waals surface area contributed by atoms with E-state index >= 15 is 0 Å². The number of carbonyl (C=O) groups excluding carboxylic acids is 2. The number of aryl methyl sites for hydroxylation is 2. The standard InChI is InChI=1S/C17H17NO3/c1-11-7-12(2)9-14(8-11)16(19)18-15-6-4-5-13(10-15)17(20)21-3/h4-10H,1-3H3,(H,18,19). The number of ether oxygens (including phenoxy) is 1. The highest BCUT2D eigenvalue weighted by molar-refractivity contribution is 6.05. The number of rotatable bonds is 3. The Balaban J connectivity index is 2.21. The van der Waals surface area contributed by atoms with E-state index < -0.39 is 5.97 Å². The number of hydrogen-bond acceptors (Lipinski definition) is 3. The highest BCUT2D eigenvalue weighted by Gasteiger charge is 2.10. The van der Waals surface area contributed by atoms with Crippen LogP contribution in [0.25, 0.3) is 0 Å². The zero-order valence-corrected chi connectivity index (χ0v) is 12.3. The van der Waals surface area contributed by atoms with Gasteiger partial charge in [0.1, 0.15) is 0 Å². The number of benzene rings is 2. The summed E-state index contributed by atoms with van der Waals surface area (Å²) in [5.74, 6) is -0.638. The summed E-state index contributed by atoms with van der Waals surface area (Å²) in [6.07, 6.45) is 0. The van der Waals surface area contributed by atoms with Crippen LogP contribution in [0.3, 0.4) is 0 Å². The smallest absolute Gasteiger partial charge is 0.337 e. The van der Waals surface area contributed by atoms with Crippen molar-refractivity contribution in [1.29, 1.82) is 0 Å². The molecule has 4 heteroatoms. The number of carbonyl (C=O) groups is 2. The second kappa shape index (κ2) is 6.22. The van der Waals surface area contributed by atoms with E-state index in [-0.39, 0.29) is 5.91 Å². The number of anilines is 1. The molecule has 108 valence electrons. The lowest BCUT2D eigenvalue weighted by Crippen LogP contribution is -2.13. The summed E-state index contributed by atoms with van der Waals surface area (Å²) in [6.45, 7) is 3.89. The highest BCUT2D eigenvalue weighted by atomic mass is 16.5. The van der Waals surface area contributed by atoms with E-state index in [1.807, 2.05) is 32.0 Å². The molecule has 0 saturated carbocycles. The van der Waals surface area contributed by atoms with Gasteiger partial charge in [-0.1, -0.05) is 23.3 Å². The SMILES string of the molecule is COC(=O)c1cccc(NC(=O)c2cc(C)cc(C)c2)c1. The zero-order chi connectivity index (χ0) is 15.4. The lowest BCUT2D eigenvalue weighted by atomic mass is 10.1. The van der Waals surface area contributed by atoms with E-state index in [9.17, 15) is 9.59 Å². The second-order valence-electron chi connectivity index (χ2n) is 4.90. The summed E-state index contributed by atoms with van der Waals surface area (Å²) < 4.78 is 4.66. The van der Waals surface area contributed by atoms with Crippen molar-refractivity contribution in [3.63, 3.8) is 0 Å². The average Bonchev–Trinajstić information content (AvgIpc) is 2.45. The molecule has 2 rings (SSSR count). The number of esters is 1. The molecule has 0 aliphatic carbocycles. The van der Waals surface area contributed by atoms with Gasteiger partial charge in [0, 0.05) is 11.3 Å². The Bertz CT molecular complexity index is 672. The minimum Gasteiger partial charge on any atom is -0.465 e. The van der Waals surface area contributed by atoms with Crippen molar-refractivity contribution in [3.05, 3.63) is 64.7 Å². The third-order valence-electron chi connectivity index (χ3n) is 3.03. The lowest BCUT2D eigenvalue weighted by molar-refractivity contribution is 0.0600. The van der Waals surface area contributed by atoms with Gasteiger partial charge in [-0.3, -0.25) is 4.79 Å². The van der Waals surface area contributed by atoms with Gasteiger partial charge in [0.05, 0.1) is 12.7 Å². The summed E-state index contributed by atoms with van der Waals surface area (Å²) in [5.41, 5.74) is 3.61. The first-order valence-corrected chi connectivity index (χ1v) is 6.57. The average molecular weight is 283 g/mol. The Labute approximate surface area is 123 Å². The van der Waals surface area contributed by atoms with E-state index in [0.717, 1.165) is 11.1 Å². The fourth-order valence-electron chi connectivity index (χ4n) is 2.15. The van der Waals surface area contributed by atoms with E-state index in [2.05, 4.69) is 10.1 Å². The highest BCUT2D eigenvalue weighted by Crippen LogP contribution is 2.15. The van der Waals surface area contributed by atoms with Gasteiger partial charge >= 0.3 is 5.97 Å². The quantitative estimate of drug-likeness (QED) is 0.879. The zero-order valence-electron chi connectivity index (χ0n) is 12.3. The number of hydrogen-bond donors (Lipinski definition) is 1. The Morgan fingerprint density at radius 2 is 1.62 bits per heavy atom. The van der Waals surface area contributed by atoms with Gasteiger partial charge in [-0.2, -0.15) is 0 Å². The largest absolute Gasteiger partial charge is 0.465 e. The van der Waals surface area contributed by atoms with E-state index in [0.29, 0.717) is 16.8 Å². The molecular formula is C17H17NO3. The number of nitrogens with one attached hydrogen (secondary N) is 1. The van der Waals surface area contributed by atoms with Crippen LogP contribution in [-0.4, -0.2) is 19.0 Å². The normalized spacial score (nSPS) is 10.0. The maximum atomic E-state index is 12.2. The molecule has 0 aliphatic heterocycles. The van der Waals surface area contributed by atoms with Gasteiger partial charge in [0.2, 0.25) is 0 Å². The summed E-state index contributed by atoms with van der Waals surface area (Å²) in [5, 5.41) is 2.79. The Morgan fingerprint density at radius 1 is 0.952 bits per heavy atom. The van der Waals surface area contributed by atoms with Crippen molar-refractivity contribution in [2.45, 2.75) is 13.8 Å². The monoisotopic (exact) mass is 283 g/mol. The van der Waals surface area contributed by atoms with Gasteiger partial charge < -0.3 is 10.1 Å². The predicted octanol–water partition coefficient (Wildman–Crippen LogP) is 3.34. The summed E-state index contributed by atoms with van der Waals surface area (Å²) in [4.78, 5) is 23.7. The summed E-state index contributed by atoms with van der Waals surface area (Å²) in [7, 11) is 1.32. The third kappa shape index (κ3) is 3.69. The van der Waals surface area contributed by atoms with Crippen LogP contribution < -0.4 is 5.32 Å². The fourth-order valence-corrected chi connectivity index (χ4v) is 2.15. The summed E-state index contributed by atoms with van der Waals surface area (Å²) in [6, 6.07) is 12.3. The Kier molecular flexibility index (Phi) is 4.38. The predicted molar refractivity (Wildman–Crippen MR) is 81.7 cm³/mol. The van der Waals surface area contributed by atoms with E-state index in [1.165, 1.54) is 7.11 Å². The van der Waals surface area contributed by atoms with Crippen LogP contribution in [0, 0.1) is 13.8 Å². The maximum Gasteiger partial charge on any atom is 0.337 e. The summed E-state index contributed by atoms with van der Waals surface area (Å²) >= 11 is 0. The van der Waals surface area contributed by atoms with Crippen molar-refractivity contribution in [1.82, 2.24) is 0 Å². The van der Waals surface area contributed by atoms with Crippen molar-refractivity contribution in [2.24, 2.45) is 0 Å². The third-order valence-corrected chi connectivity index (χ3v) is 3.03. The first-order chi connectivity index (χ1) is 9.99. The number of methoxy groups -OCH3 is 1. The van der Waals surface area contributed by atoms with Gasteiger partial charge in [-0.15, -0.1) is 0 Å². The molecule has 0 atom stereocenters. The molecular weight excluding hydrogens is 266 g/mol. The molecule has 0 heterocycles. The van der Waals surface area contributed by atoms with Crippen LogP contribution in [-0.2, 0) is 4.74 Å². The molecule has 0 aliphatic rings. The minimum atomic E-state index is -0.433. The van der Waals surface area contributed by atoms with E-state index in [1.54, 1.807) is 24.3 Å². The van der Waals surface area contributed by atoms with Crippen LogP contribution in [0.2, 0.25) is 0 Å². The molecule has 0 saturated heterocycles. The molecule has 1 amide bonds. The van der Waals surface area contributed by atoms with Crippen LogP contribution in [0.15, 0.2) is 42.5 Å². The van der Waals surface area contributed by atoms with Gasteiger partial charge in [-0.25, -0.2) is 4.79 Å². The van der Waals surface area contributed by atoms with Gasteiger partial charge in [0.15, 0.2) is 0 Å². The lowest BCUT2D eigenvalue weighted by Gasteiger charge is -2.08. The first kappa shape index (κ1) is 14.8. The van der Waals surface area contributed by atoms with Gasteiger partial charge in [0.25, 0.3) is 5.91 Å². The van der Waals surface area contributed by atoms with Crippen molar-refractivity contribution in [3.8, 4) is 0 Å². The molecule has 2 aromatic rings.